The van der Waals surface area contributed by atoms with Crippen LogP contribution in [0.1, 0.15) is 31.5 Å². The van der Waals surface area contributed by atoms with Crippen molar-refractivity contribution in [1.29, 1.82) is 0 Å². The van der Waals surface area contributed by atoms with E-state index in [4.69, 9.17) is 9.61 Å². The Hall–Kier alpha value is -2.71. The smallest absolute Gasteiger partial charge is 0.245 e. The van der Waals surface area contributed by atoms with E-state index in [1.165, 1.54) is 25.7 Å². The summed E-state index contributed by atoms with van der Waals surface area (Å²) in [5, 5.41) is 7.72. The predicted molar refractivity (Wildman–Crippen MR) is 93.4 cm³/mol. The monoisotopic (exact) mass is 342 g/mol. The molecule has 0 unspecified atom stereocenters. The maximum Gasteiger partial charge on any atom is 0.245 e. The molecule has 0 atom stereocenters. The fourth-order valence-corrected chi connectivity index (χ4v) is 3.21. The number of aryl methyl sites for hydroxylation is 1. The maximum atomic E-state index is 4.81. The van der Waals surface area contributed by atoms with Crippen molar-refractivity contribution in [3.05, 3.63) is 18.2 Å². The van der Waals surface area contributed by atoms with E-state index in [0.717, 1.165) is 30.5 Å². The lowest BCUT2D eigenvalue weighted by molar-refractivity contribution is 0.314. The lowest BCUT2D eigenvalue weighted by Gasteiger charge is -2.27. The van der Waals surface area contributed by atoms with E-state index in [0.29, 0.717) is 17.8 Å². The summed E-state index contributed by atoms with van der Waals surface area (Å²) in [5.74, 6) is 2.60. The van der Waals surface area contributed by atoms with E-state index in [9.17, 15) is 0 Å². The Morgan fingerprint density at radius 2 is 1.80 bits per heavy atom. The fraction of sp³-hybridized carbons (Fsp3) is 0.562. The average molecular weight is 342 g/mol. The molecular weight excluding hydrogens is 320 g/mol. The van der Waals surface area contributed by atoms with E-state index in [1.807, 2.05) is 24.9 Å². The van der Waals surface area contributed by atoms with Gasteiger partial charge in [-0.05, 0) is 23.2 Å². The van der Waals surface area contributed by atoms with Crippen LogP contribution in [0, 0.1) is 0 Å². The average Bonchev–Trinajstić information content (AvgIpc) is 3.13. The second kappa shape index (κ2) is 6.66. The van der Waals surface area contributed by atoms with Gasteiger partial charge in [0.2, 0.25) is 11.3 Å². The lowest BCUT2D eigenvalue weighted by atomic mass is 10.2. The molecule has 3 aromatic rings. The Kier molecular flexibility index (Phi) is 4.21. The molecule has 0 N–H and O–H groups in total. The molecule has 0 saturated carbocycles. The van der Waals surface area contributed by atoms with Gasteiger partial charge in [-0.25, -0.2) is 19.6 Å². The molecular formula is C16H22N8O. The molecule has 0 radical (unpaired) electrons. The van der Waals surface area contributed by atoms with Crippen LogP contribution < -0.4 is 9.80 Å². The summed E-state index contributed by atoms with van der Waals surface area (Å²) in [5.41, 5.74) is 0.883. The van der Waals surface area contributed by atoms with E-state index >= 15 is 0 Å². The van der Waals surface area contributed by atoms with E-state index in [-0.39, 0.29) is 0 Å². The molecule has 1 fully saturated rings. The predicted octanol–water partition coefficient (Wildman–Crippen LogP) is 1.76. The minimum Gasteiger partial charge on any atom is -0.353 e. The van der Waals surface area contributed by atoms with Gasteiger partial charge in [-0.1, -0.05) is 12.8 Å². The van der Waals surface area contributed by atoms with Crippen molar-refractivity contribution in [2.24, 2.45) is 7.05 Å². The van der Waals surface area contributed by atoms with Gasteiger partial charge in [0.1, 0.15) is 5.82 Å². The Bertz CT molecular complexity index is 849. The van der Waals surface area contributed by atoms with Gasteiger partial charge in [0, 0.05) is 39.6 Å². The third kappa shape index (κ3) is 3.13. The van der Waals surface area contributed by atoms with Crippen molar-refractivity contribution in [3.63, 3.8) is 0 Å². The van der Waals surface area contributed by atoms with Gasteiger partial charge in [-0.3, -0.25) is 0 Å². The zero-order valence-electron chi connectivity index (χ0n) is 14.6. The number of nitrogens with zero attached hydrogens (tertiary/aromatic N) is 8. The first-order chi connectivity index (χ1) is 12.2. The number of anilines is 2. The zero-order chi connectivity index (χ0) is 17.2. The Labute approximate surface area is 145 Å². The first kappa shape index (κ1) is 15.8. The van der Waals surface area contributed by atoms with Crippen LogP contribution in [0.25, 0.3) is 11.3 Å². The molecule has 9 nitrogen and oxygen atoms in total. The second-order valence-corrected chi connectivity index (χ2v) is 6.49. The van der Waals surface area contributed by atoms with Gasteiger partial charge < -0.3 is 14.4 Å². The Balaban J connectivity index is 1.72. The van der Waals surface area contributed by atoms with Crippen molar-refractivity contribution in [1.82, 2.24) is 29.8 Å². The largest absolute Gasteiger partial charge is 0.353 e. The normalized spacial score (nSPS) is 15.5. The molecule has 0 bridgehead atoms. The summed E-state index contributed by atoms with van der Waals surface area (Å²) in [6.45, 7) is 2.60. The molecule has 1 saturated heterocycles. The van der Waals surface area contributed by atoms with Gasteiger partial charge in [0.15, 0.2) is 11.6 Å². The van der Waals surface area contributed by atoms with Crippen LogP contribution in [0.2, 0.25) is 0 Å². The van der Waals surface area contributed by atoms with Crippen LogP contribution in [0.4, 0.5) is 11.6 Å². The minimum atomic E-state index is 0.431. The third-order valence-electron chi connectivity index (χ3n) is 4.64. The van der Waals surface area contributed by atoms with Crippen LogP contribution in [-0.2, 0) is 13.6 Å². The number of imidazole rings is 1. The van der Waals surface area contributed by atoms with E-state index < -0.39 is 0 Å². The molecule has 4 rings (SSSR count). The molecule has 3 aromatic heterocycles. The molecule has 4 heterocycles. The van der Waals surface area contributed by atoms with Crippen LogP contribution in [-0.4, -0.2) is 50.0 Å². The van der Waals surface area contributed by atoms with Crippen molar-refractivity contribution in [2.45, 2.75) is 32.2 Å². The number of hydrogen-bond acceptors (Lipinski definition) is 8. The minimum absolute atomic E-state index is 0.431. The first-order valence-electron chi connectivity index (χ1n) is 8.65. The van der Waals surface area contributed by atoms with Crippen LogP contribution in [0.15, 0.2) is 17.0 Å². The SMILES string of the molecule is CN(Cc1nccn1C)c1nc2nonc2nc1N1CCCCCC1. The highest BCUT2D eigenvalue weighted by Gasteiger charge is 2.22. The third-order valence-corrected chi connectivity index (χ3v) is 4.64. The fourth-order valence-electron chi connectivity index (χ4n) is 3.21. The van der Waals surface area contributed by atoms with Crippen LogP contribution >= 0.6 is 0 Å². The molecule has 132 valence electrons. The summed E-state index contributed by atoms with van der Waals surface area (Å²) < 4.78 is 6.82. The topological polar surface area (TPSA) is 89.0 Å². The Morgan fingerprint density at radius 3 is 2.48 bits per heavy atom. The Morgan fingerprint density at radius 1 is 1.08 bits per heavy atom. The second-order valence-electron chi connectivity index (χ2n) is 6.49. The van der Waals surface area contributed by atoms with E-state index in [2.05, 4.69) is 30.1 Å². The first-order valence-corrected chi connectivity index (χ1v) is 8.65. The van der Waals surface area contributed by atoms with E-state index in [1.54, 1.807) is 6.20 Å². The number of aromatic nitrogens is 6. The van der Waals surface area contributed by atoms with Crippen molar-refractivity contribution < 1.29 is 4.63 Å². The number of fused-ring (bicyclic) bond motifs is 1. The highest BCUT2D eigenvalue weighted by molar-refractivity contribution is 5.74. The molecule has 25 heavy (non-hydrogen) atoms. The number of hydrogen-bond donors (Lipinski definition) is 0. The van der Waals surface area contributed by atoms with Gasteiger partial charge in [0.25, 0.3) is 0 Å². The molecule has 0 spiro atoms. The maximum absolute atomic E-state index is 4.81. The van der Waals surface area contributed by atoms with Crippen molar-refractivity contribution in [3.8, 4) is 0 Å². The summed E-state index contributed by atoms with van der Waals surface area (Å²) in [4.78, 5) is 18.1. The summed E-state index contributed by atoms with van der Waals surface area (Å²) in [6, 6.07) is 0. The molecule has 9 heteroatoms. The van der Waals surface area contributed by atoms with Crippen molar-refractivity contribution >= 4 is 22.9 Å². The highest BCUT2D eigenvalue weighted by Crippen LogP contribution is 2.29. The summed E-state index contributed by atoms with van der Waals surface area (Å²) in [6.07, 6.45) is 8.59. The summed E-state index contributed by atoms with van der Waals surface area (Å²) in [7, 11) is 3.99. The van der Waals surface area contributed by atoms with Crippen molar-refractivity contribution in [2.75, 3.05) is 29.9 Å². The van der Waals surface area contributed by atoms with Gasteiger partial charge in [-0.2, -0.15) is 0 Å². The van der Waals surface area contributed by atoms with Gasteiger partial charge in [-0.15, -0.1) is 0 Å². The molecule has 0 amide bonds. The molecule has 1 aliphatic rings. The number of rotatable bonds is 4. The quantitative estimate of drug-likeness (QED) is 0.708. The summed E-state index contributed by atoms with van der Waals surface area (Å²) >= 11 is 0. The molecule has 1 aliphatic heterocycles. The van der Waals surface area contributed by atoms with Gasteiger partial charge >= 0.3 is 0 Å². The van der Waals surface area contributed by atoms with Crippen LogP contribution in [0.5, 0.6) is 0 Å². The molecule has 0 aromatic carbocycles. The lowest BCUT2D eigenvalue weighted by Crippen LogP contribution is -2.29. The zero-order valence-corrected chi connectivity index (χ0v) is 14.6. The molecule has 0 aliphatic carbocycles. The van der Waals surface area contributed by atoms with Gasteiger partial charge in [0.05, 0.1) is 6.54 Å². The standard InChI is InChI=1S/C16H22N8O/c1-22-10-7-17-12(22)11-23(2)15-16(24-8-5-3-4-6-9-24)19-14-13(18-15)20-25-21-14/h7,10H,3-6,8-9,11H2,1-2H3. The van der Waals surface area contributed by atoms with Crippen LogP contribution in [0.3, 0.4) is 0 Å². The highest BCUT2D eigenvalue weighted by atomic mass is 16.6.